The van der Waals surface area contributed by atoms with E-state index in [2.05, 4.69) is 10.1 Å². The molecule has 0 atom stereocenters. The lowest BCUT2D eigenvalue weighted by atomic mass is 10.1. The summed E-state index contributed by atoms with van der Waals surface area (Å²) in [6.45, 7) is 0. The quantitative estimate of drug-likeness (QED) is 0.512. The van der Waals surface area contributed by atoms with Crippen molar-refractivity contribution in [3.63, 3.8) is 0 Å². The summed E-state index contributed by atoms with van der Waals surface area (Å²) in [4.78, 5) is 40.5. The highest BCUT2D eigenvalue weighted by atomic mass is 35.5. The molecular formula is C17H9ClFN3O3. The summed E-state index contributed by atoms with van der Waals surface area (Å²) in [5.41, 5.74) is -1.47. The van der Waals surface area contributed by atoms with Gasteiger partial charge in [-0.25, -0.2) is 9.07 Å². The summed E-state index contributed by atoms with van der Waals surface area (Å²) in [6, 6.07) is 9.52. The van der Waals surface area contributed by atoms with E-state index in [0.717, 1.165) is 16.8 Å². The Balaban J connectivity index is 2.17. The molecule has 0 aliphatic heterocycles. The summed E-state index contributed by atoms with van der Waals surface area (Å²) in [6.07, 6.45) is 0. The predicted octanol–water partition coefficient (Wildman–Crippen LogP) is 2.31. The second kappa shape index (κ2) is 5.42. The highest BCUT2D eigenvalue weighted by Gasteiger charge is 2.15. The van der Waals surface area contributed by atoms with E-state index in [1.807, 2.05) is 0 Å². The van der Waals surface area contributed by atoms with Crippen LogP contribution in [0, 0.1) is 5.82 Å². The number of aromatic amines is 2. The minimum Gasteiger partial charge on any atom is -0.350 e. The lowest BCUT2D eigenvalue weighted by Crippen LogP contribution is -2.32. The van der Waals surface area contributed by atoms with E-state index < -0.39 is 22.4 Å². The molecule has 0 fully saturated rings. The normalized spacial score (nSPS) is 11.3. The van der Waals surface area contributed by atoms with Crippen molar-refractivity contribution >= 4 is 33.4 Å². The average molecular weight is 358 g/mol. The number of H-pyrrole nitrogens is 2. The molecule has 25 heavy (non-hydrogen) atoms. The van der Waals surface area contributed by atoms with Crippen LogP contribution in [0.15, 0.2) is 56.8 Å². The van der Waals surface area contributed by atoms with Gasteiger partial charge in [0.1, 0.15) is 16.7 Å². The number of hydrogen-bond donors (Lipinski definition) is 2. The Bertz CT molecular complexity index is 1320. The van der Waals surface area contributed by atoms with Crippen molar-refractivity contribution in [3.05, 3.63) is 84.2 Å². The largest absolute Gasteiger partial charge is 0.350 e. The van der Waals surface area contributed by atoms with E-state index in [9.17, 15) is 18.8 Å². The van der Waals surface area contributed by atoms with Gasteiger partial charge in [0.05, 0.1) is 11.2 Å². The van der Waals surface area contributed by atoms with Gasteiger partial charge in [-0.1, -0.05) is 11.6 Å². The van der Waals surface area contributed by atoms with Gasteiger partial charge in [0.2, 0.25) is 5.43 Å². The average Bonchev–Trinajstić information content (AvgIpc) is 2.58. The van der Waals surface area contributed by atoms with Crippen LogP contribution in [0.4, 0.5) is 4.39 Å². The predicted molar refractivity (Wildman–Crippen MR) is 93.3 cm³/mol. The maximum Gasteiger partial charge on any atom is 0.294 e. The molecule has 0 saturated heterocycles. The Kier molecular flexibility index (Phi) is 3.33. The summed E-state index contributed by atoms with van der Waals surface area (Å²) in [7, 11) is 0. The van der Waals surface area contributed by atoms with Gasteiger partial charge in [-0.2, -0.15) is 0 Å². The third-order valence-electron chi connectivity index (χ3n) is 3.91. The van der Waals surface area contributed by atoms with Gasteiger partial charge in [0, 0.05) is 10.4 Å². The van der Waals surface area contributed by atoms with E-state index >= 15 is 0 Å². The minimum absolute atomic E-state index is 0.146. The van der Waals surface area contributed by atoms with Gasteiger partial charge in [-0.3, -0.25) is 19.5 Å². The molecule has 2 N–H and O–H groups in total. The molecular weight excluding hydrogens is 349 g/mol. The Labute approximate surface area is 143 Å². The molecule has 0 radical (unpaired) electrons. The molecule has 0 saturated carbocycles. The number of halogens is 2. The van der Waals surface area contributed by atoms with Crippen molar-refractivity contribution in [1.29, 1.82) is 0 Å². The third kappa shape index (κ3) is 2.36. The molecule has 4 rings (SSSR count). The summed E-state index contributed by atoms with van der Waals surface area (Å²) in [5, 5.41) is 2.72. The first kappa shape index (κ1) is 15.3. The monoisotopic (exact) mass is 357 g/mol. The first-order chi connectivity index (χ1) is 12.0. The van der Waals surface area contributed by atoms with Gasteiger partial charge in [0.25, 0.3) is 11.1 Å². The standard InChI is InChI=1S/C17H9ClFN3O3/c18-8-1-6-11-12(7-8)20-14-13(15(11)23)16(24)21-22(17(14)25)10-4-2-9(19)3-5-10/h1-7H,(H,20,23)(H,21,24). The van der Waals surface area contributed by atoms with Crippen LogP contribution in [0.3, 0.4) is 0 Å². The van der Waals surface area contributed by atoms with Gasteiger partial charge in [-0.15, -0.1) is 0 Å². The van der Waals surface area contributed by atoms with Gasteiger partial charge < -0.3 is 4.98 Å². The van der Waals surface area contributed by atoms with Crippen molar-refractivity contribution in [1.82, 2.24) is 14.8 Å². The van der Waals surface area contributed by atoms with Gasteiger partial charge >= 0.3 is 0 Å². The van der Waals surface area contributed by atoms with Gasteiger partial charge in [-0.05, 0) is 42.5 Å². The molecule has 8 heteroatoms. The molecule has 2 aromatic heterocycles. The number of benzene rings is 2. The fraction of sp³-hybridized carbons (Fsp3) is 0. The lowest BCUT2D eigenvalue weighted by Gasteiger charge is -2.08. The molecule has 0 unspecified atom stereocenters. The third-order valence-corrected chi connectivity index (χ3v) is 4.14. The van der Waals surface area contributed by atoms with E-state index in [1.54, 1.807) is 0 Å². The van der Waals surface area contributed by atoms with Gasteiger partial charge in [0.15, 0.2) is 0 Å². The Hall–Kier alpha value is -3.19. The van der Waals surface area contributed by atoms with Crippen molar-refractivity contribution in [3.8, 4) is 5.69 Å². The van der Waals surface area contributed by atoms with Crippen LogP contribution < -0.4 is 16.5 Å². The van der Waals surface area contributed by atoms with E-state index in [0.29, 0.717) is 10.5 Å². The maximum atomic E-state index is 13.1. The van der Waals surface area contributed by atoms with Crippen molar-refractivity contribution < 1.29 is 4.39 Å². The minimum atomic E-state index is -0.725. The number of pyridine rings is 1. The topological polar surface area (TPSA) is 87.7 Å². The smallest absolute Gasteiger partial charge is 0.294 e. The first-order valence-electron chi connectivity index (χ1n) is 7.22. The second-order valence-corrected chi connectivity index (χ2v) is 5.89. The fourth-order valence-electron chi connectivity index (χ4n) is 2.73. The number of aromatic nitrogens is 3. The van der Waals surface area contributed by atoms with Crippen LogP contribution in [-0.2, 0) is 0 Å². The van der Waals surface area contributed by atoms with Crippen molar-refractivity contribution in [2.45, 2.75) is 0 Å². The molecule has 2 aromatic carbocycles. The van der Waals surface area contributed by atoms with E-state index in [1.165, 1.54) is 30.3 Å². The zero-order valence-electron chi connectivity index (χ0n) is 12.5. The Morgan fingerprint density at radius 3 is 2.44 bits per heavy atom. The fourth-order valence-corrected chi connectivity index (χ4v) is 2.90. The SMILES string of the molecule is O=c1[nH]n(-c2ccc(F)cc2)c(=O)c2[nH]c3cc(Cl)ccc3c(=O)c12. The number of nitrogens with one attached hydrogen (secondary N) is 2. The molecule has 0 amide bonds. The highest BCUT2D eigenvalue weighted by Crippen LogP contribution is 2.16. The van der Waals surface area contributed by atoms with Crippen LogP contribution in [0.2, 0.25) is 5.02 Å². The zero-order chi connectivity index (χ0) is 17.7. The molecule has 124 valence electrons. The van der Waals surface area contributed by atoms with Crippen LogP contribution in [0.1, 0.15) is 0 Å². The maximum absolute atomic E-state index is 13.1. The summed E-state index contributed by atoms with van der Waals surface area (Å²) < 4.78 is 14.0. The number of nitrogens with zero attached hydrogens (tertiary/aromatic N) is 1. The van der Waals surface area contributed by atoms with Crippen molar-refractivity contribution in [2.24, 2.45) is 0 Å². The van der Waals surface area contributed by atoms with Crippen LogP contribution in [0.5, 0.6) is 0 Å². The number of rotatable bonds is 1. The molecule has 0 spiro atoms. The molecule has 6 nitrogen and oxygen atoms in total. The van der Waals surface area contributed by atoms with Crippen LogP contribution in [0.25, 0.3) is 27.5 Å². The second-order valence-electron chi connectivity index (χ2n) is 5.45. The molecule has 2 heterocycles. The molecule has 0 aliphatic rings. The summed E-state index contributed by atoms with van der Waals surface area (Å²) in [5.74, 6) is -0.478. The molecule has 0 bridgehead atoms. The number of hydrogen-bond acceptors (Lipinski definition) is 3. The Morgan fingerprint density at radius 2 is 1.72 bits per heavy atom. The highest BCUT2D eigenvalue weighted by molar-refractivity contribution is 6.31. The van der Waals surface area contributed by atoms with Crippen LogP contribution >= 0.6 is 11.6 Å². The van der Waals surface area contributed by atoms with Crippen LogP contribution in [-0.4, -0.2) is 14.8 Å². The van der Waals surface area contributed by atoms with E-state index in [4.69, 9.17) is 11.6 Å². The first-order valence-corrected chi connectivity index (χ1v) is 7.60. The zero-order valence-corrected chi connectivity index (χ0v) is 13.2. The molecule has 0 aliphatic carbocycles. The Morgan fingerprint density at radius 1 is 1.00 bits per heavy atom. The summed E-state index contributed by atoms with van der Waals surface area (Å²) >= 11 is 5.93. The van der Waals surface area contributed by atoms with E-state index in [-0.39, 0.29) is 22.0 Å². The number of fused-ring (bicyclic) bond motifs is 2. The van der Waals surface area contributed by atoms with Crippen molar-refractivity contribution in [2.75, 3.05) is 0 Å². The molecule has 4 aromatic rings. The lowest BCUT2D eigenvalue weighted by molar-refractivity contribution is 0.626.